The van der Waals surface area contributed by atoms with Crippen molar-refractivity contribution in [3.05, 3.63) is 46.1 Å². The number of carbonyl (C=O) groups is 2. The molecule has 0 saturated carbocycles. The normalized spacial score (nSPS) is 12.4. The topological polar surface area (TPSA) is 102 Å². The largest absolute Gasteiger partial charge is 0.480 e. The minimum absolute atomic E-state index is 0.106. The van der Waals surface area contributed by atoms with E-state index in [9.17, 15) is 9.59 Å². The second-order valence-electron chi connectivity index (χ2n) is 5.64. The molecular weight excluding hydrogens is 374 g/mol. The number of nitriles is 1. The number of carbonyl (C=O) groups excluding carboxylic acids is 1. The van der Waals surface area contributed by atoms with E-state index in [1.807, 2.05) is 38.1 Å². The first-order valence-corrected chi connectivity index (χ1v) is 8.25. The zero-order valence-electron chi connectivity index (χ0n) is 13.5. The molecule has 1 aromatic carbocycles. The molecule has 0 aliphatic carbocycles. The maximum atomic E-state index is 12.1. The number of carboxylic acid groups (broad SMARTS) is 1. The number of benzene rings is 1. The second-order valence-corrected chi connectivity index (χ2v) is 6.49. The maximum Gasteiger partial charge on any atom is 0.326 e. The van der Waals surface area contributed by atoms with Gasteiger partial charge in [0.15, 0.2) is 0 Å². The zero-order chi connectivity index (χ0) is 18.1. The third-order valence-corrected chi connectivity index (χ3v) is 3.95. The molecule has 0 aliphatic rings. The van der Waals surface area contributed by atoms with E-state index in [1.54, 1.807) is 6.07 Å². The fourth-order valence-electron chi connectivity index (χ4n) is 1.98. The molecule has 1 unspecified atom stereocenters. The van der Waals surface area contributed by atoms with E-state index < -0.39 is 17.9 Å². The van der Waals surface area contributed by atoms with Crippen LogP contribution in [0.3, 0.4) is 0 Å². The van der Waals surface area contributed by atoms with Crippen molar-refractivity contribution >= 4 is 27.8 Å². The first kappa shape index (κ1) is 19.7. The van der Waals surface area contributed by atoms with Gasteiger partial charge in [0, 0.05) is 17.2 Å². The molecule has 24 heavy (non-hydrogen) atoms. The molecule has 1 aromatic rings. The van der Waals surface area contributed by atoms with Crippen molar-refractivity contribution < 1.29 is 14.7 Å². The van der Waals surface area contributed by atoms with E-state index in [2.05, 4.69) is 26.6 Å². The van der Waals surface area contributed by atoms with Gasteiger partial charge in [-0.05, 0) is 24.0 Å². The highest BCUT2D eigenvalue weighted by Gasteiger charge is 2.22. The van der Waals surface area contributed by atoms with E-state index in [0.29, 0.717) is 13.0 Å². The Bertz CT molecular complexity index is 665. The van der Waals surface area contributed by atoms with Gasteiger partial charge in [-0.1, -0.05) is 48.0 Å². The molecule has 6 nitrogen and oxygen atoms in total. The summed E-state index contributed by atoms with van der Waals surface area (Å²) in [6.45, 7) is 4.15. The molecule has 0 saturated heterocycles. The highest BCUT2D eigenvalue weighted by Crippen LogP contribution is 2.15. The number of carboxylic acids is 1. The van der Waals surface area contributed by atoms with Gasteiger partial charge in [-0.15, -0.1) is 0 Å². The summed E-state index contributed by atoms with van der Waals surface area (Å²) in [6.07, 6.45) is 1.59. The summed E-state index contributed by atoms with van der Waals surface area (Å²) in [5.41, 5.74) is 0.798. The zero-order valence-corrected chi connectivity index (χ0v) is 15.1. The first-order chi connectivity index (χ1) is 11.3. The summed E-state index contributed by atoms with van der Waals surface area (Å²) in [6, 6.07) is 8.33. The fourth-order valence-corrected chi connectivity index (χ4v) is 2.41. The minimum atomic E-state index is -1.12. The molecular formula is C17H20BrN3O3. The Morgan fingerprint density at radius 3 is 2.58 bits per heavy atom. The number of hydrogen-bond donors (Lipinski definition) is 3. The van der Waals surface area contributed by atoms with Crippen LogP contribution in [0, 0.1) is 17.2 Å². The van der Waals surface area contributed by atoms with Crippen molar-refractivity contribution in [3.8, 4) is 6.07 Å². The lowest BCUT2D eigenvalue weighted by atomic mass is 10.0. The third-order valence-electron chi connectivity index (χ3n) is 3.17. The van der Waals surface area contributed by atoms with Gasteiger partial charge >= 0.3 is 5.97 Å². The van der Waals surface area contributed by atoms with Gasteiger partial charge in [0.1, 0.15) is 17.7 Å². The highest BCUT2D eigenvalue weighted by atomic mass is 79.9. The van der Waals surface area contributed by atoms with Crippen LogP contribution in [0.4, 0.5) is 0 Å². The number of hydrogen-bond acceptors (Lipinski definition) is 4. The summed E-state index contributed by atoms with van der Waals surface area (Å²) in [5, 5.41) is 23.5. The quantitative estimate of drug-likeness (QED) is 0.465. The number of aliphatic carboxylic acids is 1. The Hall–Kier alpha value is -2.33. The van der Waals surface area contributed by atoms with E-state index in [4.69, 9.17) is 10.4 Å². The Kier molecular flexibility index (Phi) is 7.99. The Balaban J connectivity index is 2.70. The van der Waals surface area contributed by atoms with E-state index >= 15 is 0 Å². The van der Waals surface area contributed by atoms with Gasteiger partial charge in [-0.25, -0.2) is 4.79 Å². The molecule has 1 amide bonds. The monoisotopic (exact) mass is 393 g/mol. The fraction of sp³-hybridized carbons (Fsp3) is 0.353. The molecule has 3 N–H and O–H groups in total. The van der Waals surface area contributed by atoms with Gasteiger partial charge in [0.2, 0.25) is 0 Å². The van der Waals surface area contributed by atoms with Crippen LogP contribution in [-0.2, 0) is 16.1 Å². The second kappa shape index (κ2) is 9.73. The van der Waals surface area contributed by atoms with E-state index in [-0.39, 0.29) is 11.5 Å². The molecule has 1 rings (SSSR count). The van der Waals surface area contributed by atoms with Crippen molar-refractivity contribution in [1.82, 2.24) is 10.6 Å². The Labute approximate surface area is 149 Å². The van der Waals surface area contributed by atoms with Crippen LogP contribution in [0.2, 0.25) is 0 Å². The number of nitrogens with one attached hydrogen (secondary N) is 2. The van der Waals surface area contributed by atoms with Crippen LogP contribution in [-0.4, -0.2) is 23.0 Å². The summed E-state index contributed by atoms with van der Waals surface area (Å²) in [4.78, 5) is 23.2. The Morgan fingerprint density at radius 1 is 1.38 bits per heavy atom. The van der Waals surface area contributed by atoms with Crippen molar-refractivity contribution in [2.45, 2.75) is 32.9 Å². The van der Waals surface area contributed by atoms with Gasteiger partial charge in [0.25, 0.3) is 5.91 Å². The Morgan fingerprint density at radius 2 is 2.04 bits per heavy atom. The number of rotatable bonds is 8. The lowest BCUT2D eigenvalue weighted by molar-refractivity contribution is -0.141. The predicted octanol–water partition coefficient (Wildman–Crippen LogP) is 2.56. The summed E-state index contributed by atoms with van der Waals surface area (Å²) >= 11 is 3.41. The number of nitrogens with zero attached hydrogens (tertiary/aromatic N) is 1. The molecule has 128 valence electrons. The van der Waals surface area contributed by atoms with Crippen molar-refractivity contribution in [3.63, 3.8) is 0 Å². The minimum Gasteiger partial charge on any atom is -0.480 e. The molecule has 1 atom stereocenters. The van der Waals surface area contributed by atoms with E-state index in [0.717, 1.165) is 10.0 Å². The molecule has 0 radical (unpaired) electrons. The lowest BCUT2D eigenvalue weighted by Gasteiger charge is -2.16. The van der Waals surface area contributed by atoms with Gasteiger partial charge < -0.3 is 15.7 Å². The SMILES string of the molecule is CC(C)CC(NC(=O)/C(C#N)=C\NCc1ccccc1Br)C(=O)O. The first-order valence-electron chi connectivity index (χ1n) is 7.45. The van der Waals surface area contributed by atoms with Crippen LogP contribution in [0.1, 0.15) is 25.8 Å². The summed E-state index contributed by atoms with van der Waals surface area (Å²) in [5.74, 6) is -1.71. The average Bonchev–Trinajstić information content (AvgIpc) is 2.51. The van der Waals surface area contributed by atoms with Crippen LogP contribution < -0.4 is 10.6 Å². The maximum absolute atomic E-state index is 12.1. The molecule has 0 aliphatic heterocycles. The molecule has 7 heteroatoms. The average molecular weight is 394 g/mol. The van der Waals surface area contributed by atoms with Gasteiger partial charge in [-0.3, -0.25) is 4.79 Å². The standard InChI is InChI=1S/C17H20BrN3O3/c1-11(2)7-15(17(23)24)21-16(22)13(8-19)10-20-9-12-5-3-4-6-14(12)18/h3-6,10-11,15,20H,7,9H2,1-2H3,(H,21,22)(H,23,24)/b13-10-. The summed E-state index contributed by atoms with van der Waals surface area (Å²) < 4.78 is 0.914. The van der Waals surface area contributed by atoms with Crippen molar-refractivity contribution in [1.29, 1.82) is 5.26 Å². The van der Waals surface area contributed by atoms with Gasteiger partial charge in [-0.2, -0.15) is 5.26 Å². The third kappa shape index (κ3) is 6.42. The highest BCUT2D eigenvalue weighted by molar-refractivity contribution is 9.10. The van der Waals surface area contributed by atoms with Crippen LogP contribution in [0.15, 0.2) is 40.5 Å². The van der Waals surface area contributed by atoms with Crippen LogP contribution in [0.5, 0.6) is 0 Å². The van der Waals surface area contributed by atoms with Crippen molar-refractivity contribution in [2.24, 2.45) is 5.92 Å². The van der Waals surface area contributed by atoms with E-state index in [1.165, 1.54) is 6.20 Å². The molecule has 0 bridgehead atoms. The predicted molar refractivity (Wildman–Crippen MR) is 93.7 cm³/mol. The molecule has 0 heterocycles. The van der Waals surface area contributed by atoms with Crippen LogP contribution in [0.25, 0.3) is 0 Å². The number of halogens is 1. The molecule has 0 spiro atoms. The van der Waals surface area contributed by atoms with Crippen LogP contribution >= 0.6 is 15.9 Å². The van der Waals surface area contributed by atoms with Gasteiger partial charge in [0.05, 0.1) is 0 Å². The smallest absolute Gasteiger partial charge is 0.326 e. The lowest BCUT2D eigenvalue weighted by Crippen LogP contribution is -2.42. The van der Waals surface area contributed by atoms with Crippen molar-refractivity contribution in [2.75, 3.05) is 0 Å². The molecule has 0 aromatic heterocycles. The summed E-state index contributed by atoms with van der Waals surface area (Å²) in [7, 11) is 0. The molecule has 0 fully saturated rings. The number of amides is 1.